The predicted molar refractivity (Wildman–Crippen MR) is 24.3 cm³/mol. The molecule has 7 heavy (non-hydrogen) atoms. The Balaban J connectivity index is 0. The number of nitro groups is 1. The van der Waals surface area contributed by atoms with Crippen LogP contribution in [0.1, 0.15) is 0 Å². The summed E-state index contributed by atoms with van der Waals surface area (Å²) in [6.45, 7) is 0. The van der Waals surface area contributed by atoms with Gasteiger partial charge < -0.3 is 5.48 Å². The fourth-order valence-corrected chi connectivity index (χ4v) is 0. The molecule has 0 bridgehead atoms. The molecule has 0 aromatic rings. The summed E-state index contributed by atoms with van der Waals surface area (Å²) in [5.41, 5.74) is 0. The van der Waals surface area contributed by atoms with Gasteiger partial charge in [0.1, 0.15) is 0 Å². The number of hydrogen-bond donors (Lipinski definition) is 0. The van der Waals surface area contributed by atoms with Crippen molar-refractivity contribution in [3.8, 4) is 0 Å². The fraction of sp³-hybridized carbons (Fsp3) is 1.00. The highest BCUT2D eigenvalue weighted by Crippen LogP contribution is 1.67. The van der Waals surface area contributed by atoms with Crippen LogP contribution in [-0.2, 0) is 0 Å². The summed E-state index contributed by atoms with van der Waals surface area (Å²) >= 11 is 0. The van der Waals surface area contributed by atoms with Gasteiger partial charge in [-0.2, -0.15) is 0 Å². The van der Waals surface area contributed by atoms with Crippen LogP contribution in [-0.4, -0.2) is 29.6 Å². The third-order valence-electron chi connectivity index (χ3n) is 0.327. The van der Waals surface area contributed by atoms with Gasteiger partial charge in [-0.15, -0.1) is 5.01 Å². The molecular formula is C2H8N2O3. The normalized spacial score (nSPS) is 6.57. The maximum Gasteiger partial charge on any atom is 0.159 e. The van der Waals surface area contributed by atoms with Gasteiger partial charge in [-0.1, -0.05) is 0 Å². The van der Waals surface area contributed by atoms with E-state index in [1.165, 1.54) is 14.1 Å². The molecule has 2 N–H and O–H groups in total. The zero-order valence-corrected chi connectivity index (χ0v) is 4.21. The second-order valence-corrected chi connectivity index (χ2v) is 1.09. The summed E-state index contributed by atoms with van der Waals surface area (Å²) in [6.07, 6.45) is 0. The maximum atomic E-state index is 9.43. The Morgan fingerprint density at radius 3 is 1.71 bits per heavy atom. The molecule has 0 aromatic heterocycles. The van der Waals surface area contributed by atoms with E-state index in [0.29, 0.717) is 0 Å². The first-order chi connectivity index (χ1) is 2.64. The lowest BCUT2D eigenvalue weighted by atomic mass is 11.2. The Kier molecular flexibility index (Phi) is 4.54. The van der Waals surface area contributed by atoms with Crippen molar-refractivity contribution < 1.29 is 10.5 Å². The van der Waals surface area contributed by atoms with E-state index in [1.54, 1.807) is 0 Å². The molecule has 44 valence electrons. The number of hydrazine groups is 1. The first kappa shape index (κ1) is 9.48. The van der Waals surface area contributed by atoms with E-state index in [-0.39, 0.29) is 5.48 Å². The average Bonchev–Trinajstić information content (AvgIpc) is 1.36. The standard InChI is InChI=1S/C2H6N2O2.H2O/c1-3(2)4(5)6;/h1-2H3;1H2. The molecule has 5 heteroatoms. The molecule has 0 fully saturated rings. The third kappa shape index (κ3) is 5.16. The highest BCUT2D eigenvalue weighted by Gasteiger charge is 1.91. The van der Waals surface area contributed by atoms with Crippen LogP contribution in [0.15, 0.2) is 0 Å². The topological polar surface area (TPSA) is 77.9 Å². The van der Waals surface area contributed by atoms with Crippen LogP contribution in [0.3, 0.4) is 0 Å². The molecule has 0 amide bonds. The summed E-state index contributed by atoms with van der Waals surface area (Å²) in [7, 11) is 2.75. The monoisotopic (exact) mass is 108 g/mol. The minimum Gasteiger partial charge on any atom is -0.412 e. The van der Waals surface area contributed by atoms with Gasteiger partial charge in [-0.25, -0.2) is 10.1 Å². The van der Waals surface area contributed by atoms with E-state index < -0.39 is 5.03 Å². The average molecular weight is 108 g/mol. The summed E-state index contributed by atoms with van der Waals surface area (Å²) in [5.74, 6) is 0. The van der Waals surface area contributed by atoms with Crippen LogP contribution in [0, 0.1) is 10.1 Å². The minimum absolute atomic E-state index is 0. The van der Waals surface area contributed by atoms with Crippen molar-refractivity contribution in [2.75, 3.05) is 14.1 Å². The largest absolute Gasteiger partial charge is 0.412 e. The van der Waals surface area contributed by atoms with Gasteiger partial charge in [0.2, 0.25) is 0 Å². The van der Waals surface area contributed by atoms with E-state index in [1.807, 2.05) is 0 Å². The first-order valence-electron chi connectivity index (χ1n) is 1.46. The van der Waals surface area contributed by atoms with Gasteiger partial charge in [0.05, 0.1) is 14.1 Å². The Bertz CT molecular complexity index is 62.0. The van der Waals surface area contributed by atoms with E-state index in [0.717, 1.165) is 5.01 Å². The number of nitrogens with zero attached hydrogens (tertiary/aromatic N) is 2. The zero-order valence-electron chi connectivity index (χ0n) is 4.21. The number of hydrogen-bond acceptors (Lipinski definition) is 2. The van der Waals surface area contributed by atoms with E-state index in [2.05, 4.69) is 0 Å². The summed E-state index contributed by atoms with van der Waals surface area (Å²) in [6, 6.07) is 0. The quantitative estimate of drug-likeness (QED) is 0.316. The molecule has 0 saturated carbocycles. The molecular weight excluding hydrogens is 100 g/mol. The Morgan fingerprint density at radius 1 is 1.57 bits per heavy atom. The molecule has 0 aliphatic heterocycles. The molecule has 0 aliphatic rings. The lowest BCUT2D eigenvalue weighted by Crippen LogP contribution is -2.18. The van der Waals surface area contributed by atoms with Crippen molar-refractivity contribution in [2.45, 2.75) is 0 Å². The van der Waals surface area contributed by atoms with Crippen LogP contribution in [0.4, 0.5) is 0 Å². The molecule has 0 unspecified atom stereocenters. The highest BCUT2D eigenvalue weighted by molar-refractivity contribution is 4.04. The van der Waals surface area contributed by atoms with Crippen molar-refractivity contribution in [3.05, 3.63) is 10.1 Å². The lowest BCUT2D eigenvalue weighted by molar-refractivity contribution is -0.642. The van der Waals surface area contributed by atoms with Crippen LogP contribution in [0.2, 0.25) is 0 Å². The van der Waals surface area contributed by atoms with Crippen LogP contribution in [0.25, 0.3) is 0 Å². The Morgan fingerprint density at radius 2 is 1.71 bits per heavy atom. The SMILES string of the molecule is CN(C)[N+](=O)[O-].O. The van der Waals surface area contributed by atoms with Crippen molar-refractivity contribution in [1.82, 2.24) is 5.01 Å². The summed E-state index contributed by atoms with van der Waals surface area (Å²) < 4.78 is 0. The van der Waals surface area contributed by atoms with Crippen LogP contribution >= 0.6 is 0 Å². The number of rotatable bonds is 1. The lowest BCUT2D eigenvalue weighted by Gasteiger charge is -1.94. The first-order valence-corrected chi connectivity index (χ1v) is 1.46. The van der Waals surface area contributed by atoms with Gasteiger partial charge >= 0.3 is 0 Å². The smallest absolute Gasteiger partial charge is 0.159 e. The maximum absolute atomic E-state index is 9.43. The molecule has 0 atom stereocenters. The highest BCUT2D eigenvalue weighted by atomic mass is 16.7. The van der Waals surface area contributed by atoms with Crippen molar-refractivity contribution in [1.29, 1.82) is 0 Å². The molecule has 0 radical (unpaired) electrons. The molecule has 0 spiro atoms. The van der Waals surface area contributed by atoms with Gasteiger partial charge in [0.25, 0.3) is 0 Å². The molecule has 0 aromatic carbocycles. The van der Waals surface area contributed by atoms with E-state index >= 15 is 0 Å². The second kappa shape index (κ2) is 3.35. The molecule has 0 heterocycles. The Labute approximate surface area is 41.0 Å². The van der Waals surface area contributed by atoms with Gasteiger partial charge in [0.15, 0.2) is 5.03 Å². The van der Waals surface area contributed by atoms with Crippen molar-refractivity contribution in [3.63, 3.8) is 0 Å². The minimum atomic E-state index is -0.500. The van der Waals surface area contributed by atoms with Crippen molar-refractivity contribution >= 4 is 0 Å². The molecule has 0 saturated heterocycles. The van der Waals surface area contributed by atoms with Gasteiger partial charge in [0, 0.05) is 0 Å². The fourth-order valence-electron chi connectivity index (χ4n) is 0. The predicted octanol–water partition coefficient (Wildman–Crippen LogP) is -1.09. The molecule has 5 nitrogen and oxygen atoms in total. The van der Waals surface area contributed by atoms with Crippen LogP contribution < -0.4 is 0 Å². The molecule has 0 rings (SSSR count). The molecule has 0 aliphatic carbocycles. The zero-order chi connectivity index (χ0) is 5.15. The summed E-state index contributed by atoms with van der Waals surface area (Å²) in [4.78, 5) is 9.43. The van der Waals surface area contributed by atoms with E-state index in [4.69, 9.17) is 0 Å². The van der Waals surface area contributed by atoms with Crippen molar-refractivity contribution in [2.24, 2.45) is 0 Å². The van der Waals surface area contributed by atoms with Crippen LogP contribution in [0.5, 0.6) is 0 Å². The Hall–Kier alpha value is -0.840. The van der Waals surface area contributed by atoms with Gasteiger partial charge in [-0.05, 0) is 0 Å². The third-order valence-corrected chi connectivity index (χ3v) is 0.327. The second-order valence-electron chi connectivity index (χ2n) is 1.09. The van der Waals surface area contributed by atoms with E-state index in [9.17, 15) is 10.1 Å². The van der Waals surface area contributed by atoms with Gasteiger partial charge in [-0.3, -0.25) is 0 Å². The summed E-state index contributed by atoms with van der Waals surface area (Å²) in [5, 5.41) is 9.82.